The fraction of sp³-hybridized carbons (Fsp3) is 0.846. The van der Waals surface area contributed by atoms with Crippen LogP contribution in [-0.2, 0) is 28.4 Å². The summed E-state index contributed by atoms with van der Waals surface area (Å²) in [5.41, 5.74) is 0. The zero-order chi connectivity index (χ0) is 16.3. The molecule has 0 aliphatic carbocycles. The lowest BCUT2D eigenvalue weighted by atomic mass is 10.1. The van der Waals surface area contributed by atoms with E-state index in [9.17, 15) is 9.59 Å². The van der Waals surface area contributed by atoms with E-state index in [1.165, 1.54) is 0 Å². The van der Waals surface area contributed by atoms with Gasteiger partial charge in [-0.25, -0.2) is 5.26 Å². The van der Waals surface area contributed by atoms with Crippen molar-refractivity contribution in [1.29, 1.82) is 0 Å². The van der Waals surface area contributed by atoms with Gasteiger partial charge < -0.3 is 9.47 Å². The predicted octanol–water partition coefficient (Wildman–Crippen LogP) is 2.46. The number of hydrogen-bond acceptors (Lipinski definition) is 8. The zero-order valence-electron chi connectivity index (χ0n) is 12.9. The third-order valence-corrected chi connectivity index (χ3v) is 2.93. The highest BCUT2D eigenvalue weighted by atomic mass is 32.2. The molecule has 1 atom stereocenters. The molecule has 0 aliphatic heterocycles. The summed E-state index contributed by atoms with van der Waals surface area (Å²) in [6, 6.07) is 0. The Morgan fingerprint density at radius 2 is 1.62 bits per heavy atom. The molecular weight excluding hydrogens is 300 g/mol. The quantitative estimate of drug-likeness (QED) is 0.204. The topological polar surface area (TPSA) is 91.3 Å². The molecule has 0 saturated heterocycles. The van der Waals surface area contributed by atoms with Gasteiger partial charge >= 0.3 is 11.9 Å². The molecule has 0 saturated carbocycles. The molecule has 124 valence electrons. The molecule has 0 aromatic carbocycles. The largest absolute Gasteiger partial charge is 0.465 e. The van der Waals surface area contributed by atoms with Crippen LogP contribution in [-0.4, -0.2) is 36.2 Å². The van der Waals surface area contributed by atoms with Crippen LogP contribution in [0, 0.1) is 17.8 Å². The molecular formula is C13H24O7S. The van der Waals surface area contributed by atoms with Gasteiger partial charge in [-0.1, -0.05) is 32.7 Å². The van der Waals surface area contributed by atoms with Crippen molar-refractivity contribution in [3.63, 3.8) is 0 Å². The van der Waals surface area contributed by atoms with Gasteiger partial charge in [-0.05, 0) is 11.8 Å². The molecule has 0 fully saturated rings. The second-order valence-electron chi connectivity index (χ2n) is 5.43. The highest BCUT2D eigenvalue weighted by Crippen LogP contribution is 2.17. The maximum atomic E-state index is 11.9. The van der Waals surface area contributed by atoms with Crippen molar-refractivity contribution in [1.82, 2.24) is 0 Å². The second-order valence-corrected chi connectivity index (χ2v) is 6.13. The normalized spacial score (nSPS) is 12.5. The number of esters is 2. The maximum absolute atomic E-state index is 11.9. The minimum atomic E-state index is -0.719. The number of carbonyl (C=O) groups is 2. The van der Waals surface area contributed by atoms with Gasteiger partial charge in [-0.3, -0.25) is 9.59 Å². The Morgan fingerprint density at radius 3 is 2.14 bits per heavy atom. The summed E-state index contributed by atoms with van der Waals surface area (Å²) >= 11 is 0.709. The SMILES string of the molecule is CC(C)COC(=O)CC(CSOOO)C(=O)OCC(C)C. The monoisotopic (exact) mass is 324 g/mol. The standard InChI is InChI=1S/C13H24O7S/c1-9(2)6-17-12(14)5-11(8-21-20-19-16)13(15)18-7-10(3)4/h9-11,16H,5-8H2,1-4H3. The van der Waals surface area contributed by atoms with Gasteiger partial charge in [0, 0.05) is 17.8 Å². The van der Waals surface area contributed by atoms with E-state index < -0.39 is 17.9 Å². The summed E-state index contributed by atoms with van der Waals surface area (Å²) in [6.45, 7) is 8.25. The van der Waals surface area contributed by atoms with E-state index in [1.807, 2.05) is 27.7 Å². The van der Waals surface area contributed by atoms with E-state index in [0.29, 0.717) is 18.6 Å². The minimum absolute atomic E-state index is 0.105. The molecule has 0 aromatic heterocycles. The summed E-state index contributed by atoms with van der Waals surface area (Å²) in [6.07, 6.45) is -0.106. The van der Waals surface area contributed by atoms with Crippen molar-refractivity contribution < 1.29 is 33.7 Å². The average molecular weight is 324 g/mol. The van der Waals surface area contributed by atoms with E-state index in [1.54, 1.807) is 0 Å². The molecule has 0 heterocycles. The Kier molecular flexibility index (Phi) is 11.3. The highest BCUT2D eigenvalue weighted by Gasteiger charge is 2.25. The first-order chi connectivity index (χ1) is 9.86. The van der Waals surface area contributed by atoms with Crippen molar-refractivity contribution in [3.8, 4) is 0 Å². The lowest BCUT2D eigenvalue weighted by molar-refractivity contribution is -0.432. The molecule has 0 aromatic rings. The molecule has 1 N–H and O–H groups in total. The lowest BCUT2D eigenvalue weighted by Crippen LogP contribution is -2.26. The van der Waals surface area contributed by atoms with Gasteiger partial charge in [0.25, 0.3) is 0 Å². The third kappa shape index (κ3) is 11.5. The first-order valence-electron chi connectivity index (χ1n) is 6.78. The van der Waals surface area contributed by atoms with E-state index in [2.05, 4.69) is 9.37 Å². The van der Waals surface area contributed by atoms with Crippen LogP contribution >= 0.6 is 12.0 Å². The van der Waals surface area contributed by atoms with Gasteiger partial charge in [0.2, 0.25) is 0 Å². The molecule has 0 spiro atoms. The highest BCUT2D eigenvalue weighted by molar-refractivity contribution is 7.94. The molecule has 0 amide bonds. The molecule has 0 rings (SSSR count). The fourth-order valence-corrected chi connectivity index (χ4v) is 1.74. The van der Waals surface area contributed by atoms with Crippen LogP contribution in [0.15, 0.2) is 0 Å². The van der Waals surface area contributed by atoms with Gasteiger partial charge in [-0.15, -0.1) is 4.33 Å². The number of rotatable bonds is 11. The van der Waals surface area contributed by atoms with Crippen LogP contribution < -0.4 is 0 Å². The van der Waals surface area contributed by atoms with Crippen molar-refractivity contribution in [2.24, 2.45) is 17.8 Å². The van der Waals surface area contributed by atoms with E-state index in [4.69, 9.17) is 14.7 Å². The Bertz CT molecular complexity index is 307. The number of carbonyl (C=O) groups excluding carboxylic acids is 2. The molecule has 7 nitrogen and oxygen atoms in total. The molecule has 1 unspecified atom stereocenters. The van der Waals surface area contributed by atoms with Crippen molar-refractivity contribution in [3.05, 3.63) is 0 Å². The number of hydrogen-bond donors (Lipinski definition) is 1. The summed E-state index contributed by atoms with van der Waals surface area (Å²) in [5.74, 6) is -1.16. The summed E-state index contributed by atoms with van der Waals surface area (Å²) in [7, 11) is 0. The number of ether oxygens (including phenoxy) is 2. The fourth-order valence-electron chi connectivity index (χ4n) is 1.23. The van der Waals surface area contributed by atoms with E-state index >= 15 is 0 Å². The zero-order valence-corrected chi connectivity index (χ0v) is 13.7. The smallest absolute Gasteiger partial charge is 0.310 e. The van der Waals surface area contributed by atoms with Crippen molar-refractivity contribution >= 4 is 24.0 Å². The molecule has 0 bridgehead atoms. The Hall–Kier alpha value is -0.830. The third-order valence-electron chi connectivity index (χ3n) is 2.23. The minimum Gasteiger partial charge on any atom is -0.465 e. The van der Waals surface area contributed by atoms with Crippen LogP contribution in [0.25, 0.3) is 0 Å². The first-order valence-corrected chi connectivity index (χ1v) is 7.69. The van der Waals surface area contributed by atoms with Gasteiger partial charge in [0.1, 0.15) is 0 Å². The van der Waals surface area contributed by atoms with Crippen LogP contribution in [0.5, 0.6) is 0 Å². The lowest BCUT2D eigenvalue weighted by Gasteiger charge is -2.16. The van der Waals surface area contributed by atoms with E-state index in [-0.39, 0.29) is 30.6 Å². The molecule has 0 radical (unpaired) electrons. The molecule has 8 heteroatoms. The van der Waals surface area contributed by atoms with E-state index in [0.717, 1.165) is 0 Å². The molecule has 0 aliphatic rings. The van der Waals surface area contributed by atoms with Crippen LogP contribution in [0.3, 0.4) is 0 Å². The second kappa shape index (κ2) is 11.8. The first kappa shape index (κ1) is 20.2. The average Bonchev–Trinajstić information content (AvgIpc) is 2.41. The Morgan fingerprint density at radius 1 is 1.05 bits per heavy atom. The van der Waals surface area contributed by atoms with Gasteiger partial charge in [0.05, 0.1) is 25.6 Å². The Labute approximate surface area is 129 Å². The summed E-state index contributed by atoms with van der Waals surface area (Å²) in [5, 5.41) is 11.5. The van der Waals surface area contributed by atoms with Crippen LogP contribution in [0.1, 0.15) is 34.1 Å². The van der Waals surface area contributed by atoms with Gasteiger partial charge in [0.15, 0.2) is 0 Å². The van der Waals surface area contributed by atoms with Crippen LogP contribution in [0.4, 0.5) is 0 Å². The van der Waals surface area contributed by atoms with Gasteiger partial charge in [-0.2, -0.15) is 0 Å². The summed E-state index contributed by atoms with van der Waals surface area (Å²) in [4.78, 5) is 23.6. The maximum Gasteiger partial charge on any atom is 0.310 e. The van der Waals surface area contributed by atoms with Crippen molar-refractivity contribution in [2.75, 3.05) is 19.0 Å². The predicted molar refractivity (Wildman–Crippen MR) is 77.0 cm³/mol. The van der Waals surface area contributed by atoms with Crippen LogP contribution in [0.2, 0.25) is 0 Å². The Balaban J connectivity index is 4.35. The summed E-state index contributed by atoms with van der Waals surface area (Å²) < 4.78 is 14.4. The van der Waals surface area contributed by atoms with Crippen molar-refractivity contribution in [2.45, 2.75) is 34.1 Å². The molecule has 21 heavy (non-hydrogen) atoms.